The van der Waals surface area contributed by atoms with Crippen molar-refractivity contribution in [1.82, 2.24) is 0 Å². The number of carbonyl (C=O) groups is 2. The monoisotopic (exact) mass is 621 g/mol. The number of rotatable bonds is 35. The van der Waals surface area contributed by atoms with Gasteiger partial charge < -0.3 is 9.47 Å². The van der Waals surface area contributed by atoms with Gasteiger partial charge >= 0.3 is 11.9 Å². The Morgan fingerprint density at radius 1 is 0.455 bits per heavy atom. The largest absolute Gasteiger partial charge is 0.466 e. The predicted molar refractivity (Wildman–Crippen MR) is 190 cm³/mol. The summed E-state index contributed by atoms with van der Waals surface area (Å²) in [5, 5.41) is 0. The Balaban J connectivity index is 4.22. The molecule has 260 valence electrons. The van der Waals surface area contributed by atoms with Crippen molar-refractivity contribution >= 4 is 11.9 Å². The molecule has 4 heteroatoms. The van der Waals surface area contributed by atoms with E-state index >= 15 is 0 Å². The summed E-state index contributed by atoms with van der Waals surface area (Å²) in [4.78, 5) is 25.4. The molecule has 0 heterocycles. The van der Waals surface area contributed by atoms with Crippen LogP contribution >= 0.6 is 0 Å². The number of carbonyl (C=O) groups excluding carboxylic acids is 2. The molecule has 4 nitrogen and oxygen atoms in total. The van der Waals surface area contributed by atoms with Crippen molar-refractivity contribution < 1.29 is 19.1 Å². The SMILES string of the molecule is CCCCCCCCCCCCCCCCC=CC(CC(=O)OCCCCCCCCC)C(=O)OCCCCCCCCC. The van der Waals surface area contributed by atoms with Gasteiger partial charge in [-0.25, -0.2) is 0 Å². The molecule has 1 unspecified atom stereocenters. The van der Waals surface area contributed by atoms with Gasteiger partial charge in [-0.3, -0.25) is 9.59 Å². The third-order valence-electron chi connectivity index (χ3n) is 8.79. The average molecular weight is 621 g/mol. The quantitative estimate of drug-likeness (QED) is 0.0402. The van der Waals surface area contributed by atoms with Gasteiger partial charge in [0.1, 0.15) is 0 Å². The molecule has 0 fully saturated rings. The lowest BCUT2D eigenvalue weighted by atomic mass is 10.0. The molecule has 0 aliphatic heterocycles. The van der Waals surface area contributed by atoms with E-state index in [1.165, 1.54) is 148 Å². The molecule has 0 radical (unpaired) electrons. The van der Waals surface area contributed by atoms with Gasteiger partial charge in [-0.15, -0.1) is 0 Å². The fourth-order valence-electron chi connectivity index (χ4n) is 5.77. The molecule has 0 bridgehead atoms. The Kier molecular flexibility index (Phi) is 35.1. The van der Waals surface area contributed by atoms with Crippen molar-refractivity contribution in [2.75, 3.05) is 13.2 Å². The van der Waals surface area contributed by atoms with Crippen LogP contribution in [0.1, 0.15) is 213 Å². The van der Waals surface area contributed by atoms with Crippen molar-refractivity contribution in [3.63, 3.8) is 0 Å². The van der Waals surface area contributed by atoms with Crippen LogP contribution in [0.15, 0.2) is 12.2 Å². The summed E-state index contributed by atoms with van der Waals surface area (Å²) >= 11 is 0. The van der Waals surface area contributed by atoms with Crippen LogP contribution in [0, 0.1) is 5.92 Å². The molecule has 44 heavy (non-hydrogen) atoms. The predicted octanol–water partition coefficient (Wildman–Crippen LogP) is 13.0. The summed E-state index contributed by atoms with van der Waals surface area (Å²) in [7, 11) is 0. The van der Waals surface area contributed by atoms with Crippen LogP contribution in [0.2, 0.25) is 0 Å². The highest BCUT2D eigenvalue weighted by Crippen LogP contribution is 2.16. The number of hydrogen-bond donors (Lipinski definition) is 0. The lowest BCUT2D eigenvalue weighted by molar-refractivity contribution is -0.153. The van der Waals surface area contributed by atoms with Crippen molar-refractivity contribution in [3.05, 3.63) is 12.2 Å². The van der Waals surface area contributed by atoms with Gasteiger partial charge in [0.25, 0.3) is 0 Å². The van der Waals surface area contributed by atoms with E-state index in [1.807, 2.05) is 6.08 Å². The van der Waals surface area contributed by atoms with Crippen LogP contribution in [0.25, 0.3) is 0 Å². The number of unbranched alkanes of at least 4 members (excludes halogenated alkanes) is 26. The van der Waals surface area contributed by atoms with Gasteiger partial charge in [0, 0.05) is 0 Å². The van der Waals surface area contributed by atoms with Crippen molar-refractivity contribution in [1.29, 1.82) is 0 Å². The summed E-state index contributed by atoms with van der Waals surface area (Å²) in [5.41, 5.74) is 0. The van der Waals surface area contributed by atoms with Gasteiger partial charge in [0.15, 0.2) is 0 Å². The molecule has 0 saturated carbocycles. The smallest absolute Gasteiger partial charge is 0.313 e. The van der Waals surface area contributed by atoms with Crippen LogP contribution in [-0.4, -0.2) is 25.2 Å². The summed E-state index contributed by atoms with van der Waals surface area (Å²) < 4.78 is 11.1. The van der Waals surface area contributed by atoms with Crippen LogP contribution in [-0.2, 0) is 19.1 Å². The highest BCUT2D eigenvalue weighted by atomic mass is 16.5. The third-order valence-corrected chi connectivity index (χ3v) is 8.79. The number of allylic oxidation sites excluding steroid dienone is 1. The maximum absolute atomic E-state index is 12.9. The zero-order valence-electron chi connectivity index (χ0n) is 30.0. The Bertz CT molecular complexity index is 629. The number of hydrogen-bond acceptors (Lipinski definition) is 4. The van der Waals surface area contributed by atoms with Crippen LogP contribution in [0.3, 0.4) is 0 Å². The minimum atomic E-state index is -0.534. The van der Waals surface area contributed by atoms with Crippen LogP contribution in [0.4, 0.5) is 0 Å². The molecule has 0 aliphatic carbocycles. The molecule has 0 rings (SSSR count). The molecular formula is C40H76O4. The molecule has 0 aromatic rings. The van der Waals surface area contributed by atoms with Gasteiger partial charge in [0.05, 0.1) is 25.6 Å². The average Bonchev–Trinajstić information content (AvgIpc) is 3.02. The first-order valence-electron chi connectivity index (χ1n) is 19.6. The van der Waals surface area contributed by atoms with E-state index < -0.39 is 5.92 Å². The molecule has 0 amide bonds. The molecular weight excluding hydrogens is 544 g/mol. The van der Waals surface area contributed by atoms with Gasteiger partial charge in [-0.05, 0) is 25.7 Å². The van der Waals surface area contributed by atoms with E-state index in [1.54, 1.807) is 0 Å². The van der Waals surface area contributed by atoms with E-state index in [0.29, 0.717) is 13.2 Å². The second-order valence-electron chi connectivity index (χ2n) is 13.3. The van der Waals surface area contributed by atoms with Crippen LogP contribution < -0.4 is 0 Å². The summed E-state index contributed by atoms with van der Waals surface area (Å²) in [6, 6.07) is 0. The van der Waals surface area contributed by atoms with E-state index in [9.17, 15) is 9.59 Å². The summed E-state index contributed by atoms with van der Waals surface area (Å²) in [6.45, 7) is 7.64. The second kappa shape index (κ2) is 36.2. The molecule has 1 atom stereocenters. The summed E-state index contributed by atoms with van der Waals surface area (Å²) in [6.07, 6.45) is 40.6. The van der Waals surface area contributed by atoms with E-state index in [0.717, 1.165) is 38.5 Å². The van der Waals surface area contributed by atoms with Gasteiger partial charge in [-0.1, -0.05) is 193 Å². The Hall–Kier alpha value is -1.32. The fourth-order valence-corrected chi connectivity index (χ4v) is 5.77. The fraction of sp³-hybridized carbons (Fsp3) is 0.900. The number of ether oxygens (including phenoxy) is 2. The number of esters is 2. The van der Waals surface area contributed by atoms with E-state index in [-0.39, 0.29) is 18.4 Å². The summed E-state index contributed by atoms with van der Waals surface area (Å²) in [5.74, 6) is -1.09. The maximum atomic E-state index is 12.9. The highest BCUT2D eigenvalue weighted by Gasteiger charge is 2.21. The maximum Gasteiger partial charge on any atom is 0.313 e. The topological polar surface area (TPSA) is 52.6 Å². The van der Waals surface area contributed by atoms with Gasteiger partial charge in [-0.2, -0.15) is 0 Å². The second-order valence-corrected chi connectivity index (χ2v) is 13.3. The molecule has 0 aromatic carbocycles. The molecule has 0 aliphatic rings. The third kappa shape index (κ3) is 32.1. The molecule has 0 aromatic heterocycles. The van der Waals surface area contributed by atoms with Gasteiger partial charge in [0.2, 0.25) is 0 Å². The molecule has 0 N–H and O–H groups in total. The Labute approximate surface area is 275 Å². The highest BCUT2D eigenvalue weighted by molar-refractivity contribution is 5.81. The minimum Gasteiger partial charge on any atom is -0.466 e. The van der Waals surface area contributed by atoms with Crippen molar-refractivity contribution in [2.45, 2.75) is 213 Å². The lowest BCUT2D eigenvalue weighted by Crippen LogP contribution is -2.21. The minimum absolute atomic E-state index is 0.0849. The standard InChI is InChI=1S/C40H76O4/c1-4-7-10-13-16-17-18-19-20-21-22-23-24-25-28-31-34-38(40(42)44-36-33-30-27-15-12-9-6-3)37-39(41)43-35-32-29-26-14-11-8-5-2/h31,34,38H,4-30,32-33,35-37H2,1-3H3. The molecule has 0 spiro atoms. The Morgan fingerprint density at radius 2 is 0.795 bits per heavy atom. The first-order valence-corrected chi connectivity index (χ1v) is 19.6. The first kappa shape index (κ1) is 42.7. The van der Waals surface area contributed by atoms with Crippen molar-refractivity contribution in [3.8, 4) is 0 Å². The van der Waals surface area contributed by atoms with E-state index in [2.05, 4.69) is 26.8 Å². The first-order chi connectivity index (χ1) is 21.7. The van der Waals surface area contributed by atoms with Crippen molar-refractivity contribution in [2.24, 2.45) is 5.92 Å². The molecule has 0 saturated heterocycles. The Morgan fingerprint density at radius 3 is 1.20 bits per heavy atom. The zero-order valence-corrected chi connectivity index (χ0v) is 30.0. The van der Waals surface area contributed by atoms with Crippen LogP contribution in [0.5, 0.6) is 0 Å². The van der Waals surface area contributed by atoms with E-state index in [4.69, 9.17) is 9.47 Å². The normalized spacial score (nSPS) is 12.2. The lowest BCUT2D eigenvalue weighted by Gasteiger charge is -2.13. The zero-order chi connectivity index (χ0) is 32.2.